The van der Waals surface area contributed by atoms with Gasteiger partial charge in [0.2, 0.25) is 5.82 Å². The molecule has 0 bridgehead atoms. The zero-order valence-electron chi connectivity index (χ0n) is 16.7. The molecule has 0 N–H and O–H groups in total. The van der Waals surface area contributed by atoms with E-state index in [4.69, 9.17) is 0 Å². The van der Waals surface area contributed by atoms with Gasteiger partial charge >= 0.3 is 6.11 Å². The van der Waals surface area contributed by atoms with Crippen LogP contribution in [0.25, 0.3) is 0 Å². The Hall–Kier alpha value is -2.30. The molecule has 1 nitrogen and oxygen atoms in total. The molecule has 0 aromatic heterocycles. The van der Waals surface area contributed by atoms with E-state index in [9.17, 15) is 17.6 Å². The van der Waals surface area contributed by atoms with Crippen LogP contribution in [0.5, 0.6) is 5.75 Å². The van der Waals surface area contributed by atoms with Gasteiger partial charge in [0.15, 0.2) is 11.6 Å². The molecule has 156 valence electrons. The molecule has 0 radical (unpaired) electrons. The van der Waals surface area contributed by atoms with Crippen molar-refractivity contribution in [1.82, 2.24) is 0 Å². The summed E-state index contributed by atoms with van der Waals surface area (Å²) < 4.78 is 61.4. The smallest absolute Gasteiger partial charge is 0.404 e. The molecule has 1 unspecified atom stereocenters. The van der Waals surface area contributed by atoms with Crippen molar-refractivity contribution in [1.29, 1.82) is 0 Å². The van der Waals surface area contributed by atoms with E-state index in [1.165, 1.54) is 19.9 Å². The Bertz CT molecular complexity index is 852. The van der Waals surface area contributed by atoms with Crippen molar-refractivity contribution in [2.24, 2.45) is 5.92 Å². The zero-order valence-corrected chi connectivity index (χ0v) is 16.7. The molecule has 0 saturated heterocycles. The Labute approximate surface area is 169 Å². The van der Waals surface area contributed by atoms with Gasteiger partial charge in [-0.25, -0.2) is 4.39 Å². The molecule has 29 heavy (non-hydrogen) atoms. The zero-order chi connectivity index (χ0) is 21.2. The summed E-state index contributed by atoms with van der Waals surface area (Å²) in [7, 11) is 0. The third-order valence-corrected chi connectivity index (χ3v) is 6.00. The van der Waals surface area contributed by atoms with Crippen LogP contribution in [-0.2, 0) is 0 Å². The third-order valence-electron chi connectivity index (χ3n) is 6.00. The molecule has 2 aromatic carbocycles. The second-order valence-electron chi connectivity index (χ2n) is 7.91. The van der Waals surface area contributed by atoms with Crippen LogP contribution in [0.4, 0.5) is 17.6 Å². The van der Waals surface area contributed by atoms with Gasteiger partial charge in [0.05, 0.1) is 5.92 Å². The van der Waals surface area contributed by atoms with E-state index in [1.807, 2.05) is 18.2 Å². The Morgan fingerprint density at radius 2 is 1.62 bits per heavy atom. The van der Waals surface area contributed by atoms with Crippen LogP contribution in [0.2, 0.25) is 0 Å². The van der Waals surface area contributed by atoms with Gasteiger partial charge in [0.25, 0.3) is 0 Å². The molecule has 1 saturated carbocycles. The fourth-order valence-corrected chi connectivity index (χ4v) is 3.88. The van der Waals surface area contributed by atoms with Gasteiger partial charge in [-0.15, -0.1) is 6.58 Å². The molecule has 0 heterocycles. The fourth-order valence-electron chi connectivity index (χ4n) is 3.88. The lowest BCUT2D eigenvalue weighted by Crippen LogP contribution is -2.32. The molecule has 3 rings (SSSR count). The number of aryl methyl sites for hydroxylation is 1. The van der Waals surface area contributed by atoms with Crippen molar-refractivity contribution in [2.45, 2.75) is 57.5 Å². The highest BCUT2D eigenvalue weighted by Gasteiger charge is 2.41. The molecule has 2 aromatic rings. The number of rotatable bonds is 6. The lowest BCUT2D eigenvalue weighted by atomic mass is 9.78. The second kappa shape index (κ2) is 8.60. The Morgan fingerprint density at radius 3 is 2.21 bits per heavy atom. The molecule has 1 atom stereocenters. The quantitative estimate of drug-likeness (QED) is 0.356. The SMILES string of the molecule is C=CC1CCC(c2ccc(C(C)C(F)(F)Oc3ccc(C)c(F)c3F)cc2)CC1. The minimum atomic E-state index is -3.69. The first-order valence-corrected chi connectivity index (χ1v) is 9.96. The summed E-state index contributed by atoms with van der Waals surface area (Å²) in [5, 5.41) is 0. The summed E-state index contributed by atoms with van der Waals surface area (Å²) in [6.07, 6.45) is 2.62. The number of hydrogen-bond donors (Lipinski definition) is 0. The molecule has 0 aliphatic heterocycles. The summed E-state index contributed by atoms with van der Waals surface area (Å²) in [6.45, 7) is 6.52. The number of halogens is 4. The minimum Gasteiger partial charge on any atom is -0.429 e. The van der Waals surface area contributed by atoms with E-state index in [-0.39, 0.29) is 5.56 Å². The van der Waals surface area contributed by atoms with Gasteiger partial charge in [-0.1, -0.05) is 36.4 Å². The van der Waals surface area contributed by atoms with E-state index >= 15 is 0 Å². The first-order chi connectivity index (χ1) is 13.7. The molecule has 0 amide bonds. The van der Waals surface area contributed by atoms with Crippen LogP contribution in [0, 0.1) is 24.5 Å². The Morgan fingerprint density at radius 1 is 1.00 bits per heavy atom. The maximum Gasteiger partial charge on any atom is 0.404 e. The normalized spacial score (nSPS) is 20.9. The number of allylic oxidation sites excluding steroid dienone is 1. The summed E-state index contributed by atoms with van der Waals surface area (Å²) in [5.74, 6) is -3.70. The third kappa shape index (κ3) is 4.65. The maximum atomic E-state index is 14.6. The van der Waals surface area contributed by atoms with Crippen molar-refractivity contribution in [3.05, 3.63) is 77.4 Å². The number of ether oxygens (including phenoxy) is 1. The van der Waals surface area contributed by atoms with E-state index in [0.717, 1.165) is 37.3 Å². The van der Waals surface area contributed by atoms with Gasteiger partial charge in [-0.05, 0) is 74.1 Å². The van der Waals surface area contributed by atoms with Crippen molar-refractivity contribution >= 4 is 0 Å². The lowest BCUT2D eigenvalue weighted by molar-refractivity contribution is -0.192. The molecule has 1 aliphatic rings. The predicted octanol–water partition coefficient (Wildman–Crippen LogP) is 7.51. The van der Waals surface area contributed by atoms with E-state index in [1.54, 1.807) is 12.1 Å². The van der Waals surface area contributed by atoms with Gasteiger partial charge < -0.3 is 4.74 Å². The standard InChI is InChI=1S/C24H26F4O/c1-4-17-6-8-19(9-7-17)20-12-10-18(11-13-20)16(3)24(27,28)29-21-14-5-15(2)22(25)23(21)26/h4-5,10-14,16-17,19H,1,6-9H2,2-3H3. The molecule has 5 heteroatoms. The summed E-state index contributed by atoms with van der Waals surface area (Å²) in [6, 6.07) is 9.34. The highest BCUT2D eigenvalue weighted by Crippen LogP contribution is 2.39. The fraction of sp³-hybridized carbons (Fsp3) is 0.417. The minimum absolute atomic E-state index is 0.0314. The molecule has 1 fully saturated rings. The molecular weight excluding hydrogens is 380 g/mol. The first-order valence-electron chi connectivity index (χ1n) is 9.96. The van der Waals surface area contributed by atoms with Crippen LogP contribution in [0.1, 0.15) is 61.1 Å². The highest BCUT2D eigenvalue weighted by atomic mass is 19.3. The monoisotopic (exact) mass is 406 g/mol. The summed E-state index contributed by atoms with van der Waals surface area (Å²) in [4.78, 5) is 0. The largest absolute Gasteiger partial charge is 0.429 e. The predicted molar refractivity (Wildman–Crippen MR) is 106 cm³/mol. The Balaban J connectivity index is 1.71. The van der Waals surface area contributed by atoms with Gasteiger partial charge in [-0.3, -0.25) is 0 Å². The number of alkyl halides is 2. The van der Waals surface area contributed by atoms with Crippen LogP contribution in [0.3, 0.4) is 0 Å². The van der Waals surface area contributed by atoms with Crippen molar-refractivity contribution in [3.63, 3.8) is 0 Å². The van der Waals surface area contributed by atoms with Crippen molar-refractivity contribution < 1.29 is 22.3 Å². The highest BCUT2D eigenvalue weighted by molar-refractivity contribution is 5.32. The molecule has 0 spiro atoms. The molecule has 1 aliphatic carbocycles. The number of benzene rings is 2. The Kier molecular flexibility index (Phi) is 6.35. The lowest BCUT2D eigenvalue weighted by Gasteiger charge is -2.28. The van der Waals surface area contributed by atoms with Crippen LogP contribution >= 0.6 is 0 Å². The topological polar surface area (TPSA) is 9.23 Å². The summed E-state index contributed by atoms with van der Waals surface area (Å²) in [5.41, 5.74) is 1.55. The van der Waals surface area contributed by atoms with E-state index < -0.39 is 29.4 Å². The second-order valence-corrected chi connectivity index (χ2v) is 7.91. The number of hydrogen-bond acceptors (Lipinski definition) is 1. The average Bonchev–Trinajstić information content (AvgIpc) is 2.74. The van der Waals surface area contributed by atoms with Crippen LogP contribution in [-0.4, -0.2) is 6.11 Å². The van der Waals surface area contributed by atoms with Crippen LogP contribution < -0.4 is 4.74 Å². The van der Waals surface area contributed by atoms with Gasteiger partial charge in [0.1, 0.15) is 0 Å². The average molecular weight is 406 g/mol. The van der Waals surface area contributed by atoms with Crippen molar-refractivity contribution in [2.75, 3.05) is 0 Å². The van der Waals surface area contributed by atoms with Gasteiger partial charge in [-0.2, -0.15) is 13.2 Å². The van der Waals surface area contributed by atoms with Crippen LogP contribution in [0.15, 0.2) is 49.1 Å². The van der Waals surface area contributed by atoms with Gasteiger partial charge in [0, 0.05) is 0 Å². The summed E-state index contributed by atoms with van der Waals surface area (Å²) >= 11 is 0. The first kappa shape index (κ1) is 21.4. The van der Waals surface area contributed by atoms with E-state index in [0.29, 0.717) is 17.4 Å². The van der Waals surface area contributed by atoms with Crippen molar-refractivity contribution in [3.8, 4) is 5.75 Å². The van der Waals surface area contributed by atoms with E-state index in [2.05, 4.69) is 11.3 Å². The molecular formula is C24H26F4O. The maximum absolute atomic E-state index is 14.6.